The third kappa shape index (κ3) is 2.56. The average molecular weight is 343 g/mol. The Morgan fingerprint density at radius 3 is 2.80 bits per heavy atom. The molecule has 2 rings (SSSR count). The molecule has 0 aromatic carbocycles. The van der Waals surface area contributed by atoms with Gasteiger partial charge in [0.2, 0.25) is 0 Å². The van der Waals surface area contributed by atoms with E-state index < -0.39 is 29.3 Å². The van der Waals surface area contributed by atoms with Gasteiger partial charge in [0.05, 0.1) is 24.3 Å². The number of nitrogens with zero attached hydrogens (tertiary/aromatic N) is 1. The Balaban J connectivity index is 2.49. The highest BCUT2D eigenvalue weighted by atomic mass is 79.9. The molecule has 3 atom stereocenters. The lowest BCUT2D eigenvalue weighted by Crippen LogP contribution is -2.33. The van der Waals surface area contributed by atoms with E-state index in [1.165, 1.54) is 21.8 Å². The maximum atomic E-state index is 11.9. The molecule has 6 nitrogen and oxygen atoms in total. The second-order valence-corrected chi connectivity index (χ2v) is 5.26. The molecular weight excluding hydrogens is 328 g/mol. The van der Waals surface area contributed by atoms with Crippen molar-refractivity contribution in [3.05, 3.63) is 49.7 Å². The zero-order valence-electron chi connectivity index (χ0n) is 10.6. The van der Waals surface area contributed by atoms with Crippen molar-refractivity contribution >= 4 is 22.0 Å². The van der Waals surface area contributed by atoms with Crippen LogP contribution < -0.4 is 11.2 Å². The van der Waals surface area contributed by atoms with Gasteiger partial charge in [0.1, 0.15) is 0 Å². The maximum Gasteiger partial charge on any atom is 0.328 e. The van der Waals surface area contributed by atoms with Gasteiger partial charge >= 0.3 is 5.69 Å². The molecule has 1 fully saturated rings. The van der Waals surface area contributed by atoms with Crippen molar-refractivity contribution in [3.8, 4) is 0 Å². The number of hydrogen-bond acceptors (Lipinski definition) is 4. The highest BCUT2D eigenvalue weighted by Crippen LogP contribution is 2.37. The van der Waals surface area contributed by atoms with Gasteiger partial charge in [-0.05, 0) is 23.1 Å². The monoisotopic (exact) mass is 342 g/mol. The molecule has 0 saturated heterocycles. The van der Waals surface area contributed by atoms with Crippen LogP contribution in [0, 0.1) is 5.92 Å². The normalized spacial score (nSPS) is 26.6. The molecule has 108 valence electrons. The van der Waals surface area contributed by atoms with Crippen molar-refractivity contribution < 1.29 is 10.2 Å². The van der Waals surface area contributed by atoms with Crippen LogP contribution in [0.4, 0.5) is 0 Å². The van der Waals surface area contributed by atoms with E-state index in [1.54, 1.807) is 0 Å². The quantitative estimate of drug-likeness (QED) is 0.691. The van der Waals surface area contributed by atoms with Crippen LogP contribution in [0.2, 0.25) is 0 Å². The molecule has 1 aromatic rings. The largest absolute Gasteiger partial charge is 0.396 e. The Morgan fingerprint density at radius 1 is 1.55 bits per heavy atom. The predicted molar refractivity (Wildman–Crippen MR) is 78.7 cm³/mol. The van der Waals surface area contributed by atoms with Crippen molar-refractivity contribution in [1.82, 2.24) is 9.55 Å². The first-order valence-corrected chi connectivity index (χ1v) is 7.01. The molecule has 0 bridgehead atoms. The van der Waals surface area contributed by atoms with Gasteiger partial charge in [-0.1, -0.05) is 22.5 Å². The van der Waals surface area contributed by atoms with Crippen molar-refractivity contribution in [1.29, 1.82) is 0 Å². The van der Waals surface area contributed by atoms with Gasteiger partial charge in [0, 0.05) is 12.1 Å². The standard InChI is InChI=1S/C13H15BrN2O4/c1-7-9(6-17)11(18)4-10(7)16-5-8(2-3-14)12(19)15-13(16)20/h2-3,5,9-11,17-18H,1,4,6H2,(H,15,19,20)/b3-2+/t9-,10-,11-/m1/s1. The van der Waals surface area contributed by atoms with Crippen LogP contribution in [0.5, 0.6) is 0 Å². The number of aliphatic hydroxyl groups is 2. The first-order chi connectivity index (χ1) is 9.49. The Kier molecular flexibility index (Phi) is 4.42. The number of rotatable bonds is 3. The summed E-state index contributed by atoms with van der Waals surface area (Å²) in [5, 5.41) is 19.1. The van der Waals surface area contributed by atoms with E-state index >= 15 is 0 Å². The van der Waals surface area contributed by atoms with Crippen LogP contribution >= 0.6 is 15.9 Å². The number of nitrogens with one attached hydrogen (secondary N) is 1. The minimum atomic E-state index is -0.744. The highest BCUT2D eigenvalue weighted by molar-refractivity contribution is 9.11. The molecule has 0 radical (unpaired) electrons. The van der Waals surface area contributed by atoms with Gasteiger partial charge in [-0.2, -0.15) is 0 Å². The molecule has 0 unspecified atom stereocenters. The van der Waals surface area contributed by atoms with E-state index in [1.807, 2.05) is 0 Å². The van der Waals surface area contributed by atoms with Gasteiger partial charge < -0.3 is 10.2 Å². The number of aromatic nitrogens is 2. The highest BCUT2D eigenvalue weighted by Gasteiger charge is 2.37. The molecule has 3 N–H and O–H groups in total. The van der Waals surface area contributed by atoms with Crippen LogP contribution in [0.25, 0.3) is 6.08 Å². The molecule has 20 heavy (non-hydrogen) atoms. The number of aliphatic hydroxyl groups excluding tert-OH is 2. The van der Waals surface area contributed by atoms with Crippen LogP contribution in [-0.2, 0) is 0 Å². The van der Waals surface area contributed by atoms with E-state index in [-0.39, 0.29) is 13.0 Å². The van der Waals surface area contributed by atoms with E-state index in [0.29, 0.717) is 11.1 Å². The molecule has 1 heterocycles. The Bertz CT molecular complexity index is 661. The third-order valence-electron chi connectivity index (χ3n) is 3.60. The van der Waals surface area contributed by atoms with Gasteiger partial charge in [-0.25, -0.2) is 4.79 Å². The average Bonchev–Trinajstić information content (AvgIpc) is 2.68. The Morgan fingerprint density at radius 2 is 2.25 bits per heavy atom. The van der Waals surface area contributed by atoms with Crippen LogP contribution in [0.1, 0.15) is 18.0 Å². The van der Waals surface area contributed by atoms with Crippen molar-refractivity contribution in [2.45, 2.75) is 18.6 Å². The molecular formula is C13H15BrN2O4. The van der Waals surface area contributed by atoms with Crippen LogP contribution in [-0.4, -0.2) is 32.5 Å². The Labute approximate surface area is 123 Å². The van der Waals surface area contributed by atoms with Gasteiger partial charge in [0.25, 0.3) is 5.56 Å². The molecule has 1 aliphatic rings. The minimum Gasteiger partial charge on any atom is -0.396 e. The lowest BCUT2D eigenvalue weighted by molar-refractivity contribution is 0.101. The molecule has 0 amide bonds. The minimum absolute atomic E-state index is 0.219. The van der Waals surface area contributed by atoms with Gasteiger partial charge in [-0.3, -0.25) is 14.3 Å². The second kappa shape index (κ2) is 5.90. The Hall–Kier alpha value is -1.44. The van der Waals surface area contributed by atoms with Crippen LogP contribution in [0.3, 0.4) is 0 Å². The van der Waals surface area contributed by atoms with E-state index in [4.69, 9.17) is 0 Å². The summed E-state index contributed by atoms with van der Waals surface area (Å²) in [6, 6.07) is -0.436. The zero-order valence-corrected chi connectivity index (χ0v) is 12.2. The van der Waals surface area contributed by atoms with Crippen LogP contribution in [0.15, 0.2) is 32.9 Å². The lowest BCUT2D eigenvalue weighted by atomic mass is 10.0. The van der Waals surface area contributed by atoms with E-state index in [0.717, 1.165) is 0 Å². The van der Waals surface area contributed by atoms with Crippen molar-refractivity contribution in [2.75, 3.05) is 6.61 Å². The lowest BCUT2D eigenvalue weighted by Gasteiger charge is -2.16. The molecule has 0 spiro atoms. The summed E-state index contributed by atoms with van der Waals surface area (Å²) in [5.74, 6) is -0.450. The van der Waals surface area contributed by atoms with E-state index in [9.17, 15) is 19.8 Å². The van der Waals surface area contributed by atoms with Gasteiger partial charge in [-0.15, -0.1) is 0 Å². The number of hydrogen-bond donors (Lipinski definition) is 3. The molecule has 1 saturated carbocycles. The summed E-state index contributed by atoms with van der Waals surface area (Å²) >= 11 is 3.08. The molecule has 1 aromatic heterocycles. The summed E-state index contributed by atoms with van der Waals surface area (Å²) in [5.41, 5.74) is -0.136. The number of aromatic amines is 1. The summed E-state index contributed by atoms with van der Waals surface area (Å²) in [7, 11) is 0. The molecule has 1 aliphatic carbocycles. The predicted octanol–water partition coefficient (Wildman–Crippen LogP) is 0.373. The fourth-order valence-electron chi connectivity index (χ4n) is 2.49. The van der Waals surface area contributed by atoms with Gasteiger partial charge in [0.15, 0.2) is 0 Å². The fourth-order valence-corrected chi connectivity index (χ4v) is 2.77. The van der Waals surface area contributed by atoms with Crippen molar-refractivity contribution in [2.24, 2.45) is 5.92 Å². The molecule has 7 heteroatoms. The SMILES string of the molecule is C=C1[C@@H](CO)[C@H](O)C[C@H]1n1cc(/C=C/Br)c(=O)[nH]c1=O. The molecule has 0 aliphatic heterocycles. The summed E-state index contributed by atoms with van der Waals surface area (Å²) in [6.07, 6.45) is 2.49. The third-order valence-corrected chi connectivity index (χ3v) is 3.87. The summed E-state index contributed by atoms with van der Waals surface area (Å²) in [4.78, 5) is 27.3. The number of halogens is 1. The van der Waals surface area contributed by atoms with E-state index in [2.05, 4.69) is 27.5 Å². The smallest absolute Gasteiger partial charge is 0.328 e. The first-order valence-electron chi connectivity index (χ1n) is 6.09. The maximum absolute atomic E-state index is 11.9. The second-order valence-electron chi connectivity index (χ2n) is 4.73. The topological polar surface area (TPSA) is 95.3 Å². The fraction of sp³-hybridized carbons (Fsp3) is 0.385. The zero-order chi connectivity index (χ0) is 14.9. The van der Waals surface area contributed by atoms with Crippen molar-refractivity contribution in [3.63, 3.8) is 0 Å². The number of H-pyrrole nitrogens is 1. The first kappa shape index (κ1) is 15.0. The summed E-state index contributed by atoms with van der Waals surface area (Å²) < 4.78 is 1.34. The summed E-state index contributed by atoms with van der Waals surface area (Å²) in [6.45, 7) is 3.64.